The molecule has 0 radical (unpaired) electrons. The van der Waals surface area contributed by atoms with E-state index in [1.54, 1.807) is 26.1 Å². The lowest BCUT2D eigenvalue weighted by Crippen LogP contribution is -2.39. The van der Waals surface area contributed by atoms with Crippen molar-refractivity contribution in [2.75, 3.05) is 0 Å². The molecule has 0 aliphatic carbocycles. The quantitative estimate of drug-likeness (QED) is 0.646. The summed E-state index contributed by atoms with van der Waals surface area (Å²) in [4.78, 5) is 28.9. The number of pyridine rings is 1. The van der Waals surface area contributed by atoms with Crippen LogP contribution in [0.15, 0.2) is 53.5 Å². The summed E-state index contributed by atoms with van der Waals surface area (Å²) in [7, 11) is 0. The molecule has 6 nitrogen and oxygen atoms in total. The Morgan fingerprint density at radius 3 is 2.59 bits per heavy atom. The molecule has 0 unspecified atom stereocenters. The number of nitrogens with zero attached hydrogens (tertiary/aromatic N) is 2. The molecule has 0 aliphatic rings. The largest absolute Gasteiger partial charge is 0.476 e. The number of carbonyl (C=O) groups excluding carboxylic acids is 1. The lowest BCUT2D eigenvalue weighted by Gasteiger charge is -2.24. The summed E-state index contributed by atoms with van der Waals surface area (Å²) in [6.07, 6.45) is 1.69. The Labute approximate surface area is 155 Å². The third-order valence-corrected chi connectivity index (χ3v) is 3.89. The van der Waals surface area contributed by atoms with E-state index in [9.17, 15) is 14.0 Å². The molecule has 0 fully saturated rings. The first-order chi connectivity index (χ1) is 12.7. The minimum absolute atomic E-state index is 0.158. The molecule has 0 aliphatic heterocycles. The van der Waals surface area contributed by atoms with E-state index in [1.807, 2.05) is 13.0 Å². The molecule has 2 heterocycles. The van der Waals surface area contributed by atoms with Crippen molar-refractivity contribution in [2.24, 2.45) is 0 Å². The van der Waals surface area contributed by atoms with Gasteiger partial charge in [-0.15, -0.1) is 0 Å². The van der Waals surface area contributed by atoms with E-state index in [2.05, 4.69) is 4.98 Å². The molecular weight excluding hydrogens is 351 g/mol. The maximum Gasteiger partial charge on any atom is 0.350 e. The minimum Gasteiger partial charge on any atom is -0.476 e. The van der Waals surface area contributed by atoms with Gasteiger partial charge in [-0.3, -0.25) is 9.20 Å². The first kappa shape index (κ1) is 18.6. The molecule has 3 rings (SSSR count). The number of hydrogen-bond donors (Lipinski definition) is 0. The molecule has 1 aromatic carbocycles. The van der Waals surface area contributed by atoms with Gasteiger partial charge in [0, 0.05) is 12.3 Å². The van der Waals surface area contributed by atoms with E-state index in [0.29, 0.717) is 17.1 Å². The third-order valence-electron chi connectivity index (χ3n) is 3.89. The number of ether oxygens (including phenoxy) is 2. The van der Waals surface area contributed by atoms with Gasteiger partial charge < -0.3 is 9.47 Å². The van der Waals surface area contributed by atoms with Crippen molar-refractivity contribution < 1.29 is 18.7 Å². The van der Waals surface area contributed by atoms with Crippen LogP contribution in [0.3, 0.4) is 0 Å². The number of carbonyl (C=O) groups is 1. The van der Waals surface area contributed by atoms with E-state index in [0.717, 1.165) is 5.56 Å². The van der Waals surface area contributed by atoms with Crippen molar-refractivity contribution in [2.45, 2.75) is 33.0 Å². The molecule has 0 atom stereocenters. The normalized spacial score (nSPS) is 11.4. The van der Waals surface area contributed by atoms with Gasteiger partial charge in [-0.1, -0.05) is 6.07 Å². The second-order valence-electron chi connectivity index (χ2n) is 6.66. The number of aromatic nitrogens is 2. The van der Waals surface area contributed by atoms with Gasteiger partial charge >= 0.3 is 5.97 Å². The number of fused-ring (bicyclic) bond motifs is 1. The number of hydrogen-bond acceptors (Lipinski definition) is 5. The highest BCUT2D eigenvalue weighted by Crippen LogP contribution is 2.20. The number of rotatable bonds is 5. The minimum atomic E-state index is -1.29. The fourth-order valence-electron chi connectivity index (χ4n) is 2.48. The smallest absolute Gasteiger partial charge is 0.350 e. The maximum absolute atomic E-state index is 13.0. The van der Waals surface area contributed by atoms with Crippen LogP contribution < -0.4 is 10.3 Å². The number of halogens is 1. The fourth-order valence-corrected chi connectivity index (χ4v) is 2.48. The zero-order chi connectivity index (χ0) is 19.6. The Kier molecular flexibility index (Phi) is 4.94. The van der Waals surface area contributed by atoms with Crippen molar-refractivity contribution in [1.82, 2.24) is 9.38 Å². The Balaban J connectivity index is 1.71. The van der Waals surface area contributed by atoms with Crippen LogP contribution in [-0.4, -0.2) is 21.0 Å². The highest BCUT2D eigenvalue weighted by Gasteiger charge is 2.32. The van der Waals surface area contributed by atoms with Gasteiger partial charge in [0.15, 0.2) is 5.60 Å². The fraction of sp³-hybridized carbons (Fsp3) is 0.250. The summed E-state index contributed by atoms with van der Waals surface area (Å²) in [6, 6.07) is 10.2. The first-order valence-corrected chi connectivity index (χ1v) is 8.35. The van der Waals surface area contributed by atoms with Gasteiger partial charge in [0.25, 0.3) is 5.56 Å². The Morgan fingerprint density at radius 2 is 1.89 bits per heavy atom. The van der Waals surface area contributed by atoms with Crippen LogP contribution in [0, 0.1) is 12.7 Å². The molecule has 0 bridgehead atoms. The lowest BCUT2D eigenvalue weighted by molar-refractivity contribution is -0.160. The molecule has 0 saturated heterocycles. The van der Waals surface area contributed by atoms with E-state index in [4.69, 9.17) is 9.47 Å². The van der Waals surface area contributed by atoms with Crippen LogP contribution in [0.5, 0.6) is 5.75 Å². The Hall–Kier alpha value is -3.22. The second-order valence-corrected chi connectivity index (χ2v) is 6.66. The van der Waals surface area contributed by atoms with Gasteiger partial charge in [-0.25, -0.2) is 14.2 Å². The molecule has 7 heteroatoms. The number of esters is 1. The molecule has 140 valence electrons. The van der Waals surface area contributed by atoms with Crippen molar-refractivity contribution in [3.63, 3.8) is 0 Å². The Morgan fingerprint density at radius 1 is 1.19 bits per heavy atom. The standard InChI is InChI=1S/C20H19FN2O4/c1-13-4-9-17-22-15(10-18(24)23(17)11-13)12-26-19(25)20(2,3)27-16-7-5-14(21)6-8-16/h4-11H,12H2,1-3H3. The van der Waals surface area contributed by atoms with Gasteiger partial charge in [0.05, 0.1) is 5.69 Å². The second kappa shape index (κ2) is 7.19. The highest BCUT2D eigenvalue weighted by atomic mass is 19.1. The Bertz CT molecular complexity index is 1040. The van der Waals surface area contributed by atoms with Crippen molar-refractivity contribution in [3.8, 4) is 5.75 Å². The lowest BCUT2D eigenvalue weighted by atomic mass is 10.1. The van der Waals surface area contributed by atoms with Gasteiger partial charge in [-0.05, 0) is 56.7 Å². The van der Waals surface area contributed by atoms with Crippen molar-refractivity contribution >= 4 is 11.6 Å². The molecule has 0 N–H and O–H groups in total. The zero-order valence-corrected chi connectivity index (χ0v) is 15.2. The van der Waals surface area contributed by atoms with Crippen LogP contribution in [0.25, 0.3) is 5.65 Å². The third kappa shape index (κ3) is 4.31. The highest BCUT2D eigenvalue weighted by molar-refractivity contribution is 5.79. The van der Waals surface area contributed by atoms with Gasteiger partial charge in [0.1, 0.15) is 23.8 Å². The number of benzene rings is 1. The summed E-state index contributed by atoms with van der Waals surface area (Å²) in [6.45, 7) is 4.81. The molecular formula is C20H19FN2O4. The summed E-state index contributed by atoms with van der Waals surface area (Å²) in [5.74, 6) is -0.680. The average Bonchev–Trinajstić information content (AvgIpc) is 2.62. The molecule has 0 saturated carbocycles. The molecule has 27 heavy (non-hydrogen) atoms. The average molecular weight is 370 g/mol. The van der Waals surface area contributed by atoms with Gasteiger partial charge in [0.2, 0.25) is 0 Å². The predicted molar refractivity (Wildman–Crippen MR) is 97.1 cm³/mol. The summed E-state index contributed by atoms with van der Waals surface area (Å²) >= 11 is 0. The first-order valence-electron chi connectivity index (χ1n) is 8.35. The van der Waals surface area contributed by atoms with Crippen LogP contribution >= 0.6 is 0 Å². The SMILES string of the molecule is Cc1ccc2nc(COC(=O)C(C)(C)Oc3ccc(F)cc3)cc(=O)n2c1. The maximum atomic E-state index is 13.0. The number of aryl methyl sites for hydroxylation is 1. The van der Waals surface area contributed by atoms with Crippen LogP contribution in [-0.2, 0) is 16.1 Å². The summed E-state index contributed by atoms with van der Waals surface area (Å²) in [5.41, 5.74) is 0.207. The van der Waals surface area contributed by atoms with Gasteiger partial charge in [-0.2, -0.15) is 0 Å². The topological polar surface area (TPSA) is 69.9 Å². The molecule has 2 aromatic heterocycles. The van der Waals surface area contributed by atoms with E-state index in [1.165, 1.54) is 34.7 Å². The van der Waals surface area contributed by atoms with Crippen molar-refractivity contribution in [1.29, 1.82) is 0 Å². The predicted octanol–water partition coefficient (Wildman–Crippen LogP) is 3.04. The van der Waals surface area contributed by atoms with E-state index >= 15 is 0 Å². The van der Waals surface area contributed by atoms with Crippen molar-refractivity contribution in [3.05, 3.63) is 76.1 Å². The molecule has 0 spiro atoms. The van der Waals surface area contributed by atoms with Crippen LogP contribution in [0.1, 0.15) is 25.1 Å². The summed E-state index contributed by atoms with van der Waals surface area (Å²) < 4.78 is 25.3. The molecule has 0 amide bonds. The van der Waals surface area contributed by atoms with Crippen LogP contribution in [0.4, 0.5) is 4.39 Å². The van der Waals surface area contributed by atoms with E-state index in [-0.39, 0.29) is 12.2 Å². The zero-order valence-electron chi connectivity index (χ0n) is 15.2. The molecule has 3 aromatic rings. The monoisotopic (exact) mass is 370 g/mol. The van der Waals surface area contributed by atoms with Crippen LogP contribution in [0.2, 0.25) is 0 Å². The van der Waals surface area contributed by atoms with E-state index < -0.39 is 17.4 Å². The summed E-state index contributed by atoms with van der Waals surface area (Å²) in [5, 5.41) is 0.